The summed E-state index contributed by atoms with van der Waals surface area (Å²) in [5.74, 6) is 0.139. The molecule has 5 nitrogen and oxygen atoms in total. The van der Waals surface area contributed by atoms with Gasteiger partial charge in [0.1, 0.15) is 11.4 Å². The summed E-state index contributed by atoms with van der Waals surface area (Å²) in [5, 5.41) is 16.5. The van der Waals surface area contributed by atoms with Gasteiger partial charge in [-0.25, -0.2) is 0 Å². The number of hydrogen-bond donors (Lipinski definition) is 2. The van der Waals surface area contributed by atoms with Crippen LogP contribution in [0, 0.1) is 0 Å². The van der Waals surface area contributed by atoms with Gasteiger partial charge in [0.05, 0.1) is 0 Å². The second-order valence-corrected chi connectivity index (χ2v) is 6.58. The van der Waals surface area contributed by atoms with Crippen LogP contribution in [-0.2, 0) is 12.8 Å². The minimum absolute atomic E-state index is 0.0151. The Kier molecular flexibility index (Phi) is 5.37. The van der Waals surface area contributed by atoms with E-state index in [1.54, 1.807) is 24.1 Å². The molecule has 0 aliphatic rings. The van der Waals surface area contributed by atoms with Crippen LogP contribution in [0.5, 0.6) is 5.75 Å². The number of amides is 1. The number of nitrogens with one attached hydrogen (secondary N) is 1. The number of benzene rings is 2. The number of aromatic amines is 1. The van der Waals surface area contributed by atoms with Gasteiger partial charge in [-0.1, -0.05) is 42.5 Å². The monoisotopic (exact) mass is 349 g/mol. The van der Waals surface area contributed by atoms with Gasteiger partial charge in [-0.05, 0) is 42.7 Å². The number of hydrogen-bond acceptors (Lipinski definition) is 3. The molecule has 0 saturated heterocycles. The second kappa shape index (κ2) is 7.87. The van der Waals surface area contributed by atoms with Gasteiger partial charge < -0.3 is 10.0 Å². The molecular formula is C21H23N3O2. The molecule has 0 radical (unpaired) electrons. The molecule has 134 valence electrons. The summed E-state index contributed by atoms with van der Waals surface area (Å²) >= 11 is 0. The van der Waals surface area contributed by atoms with Crippen molar-refractivity contribution in [1.82, 2.24) is 15.1 Å². The first kappa shape index (κ1) is 17.7. The number of aromatic nitrogens is 2. The lowest BCUT2D eigenvalue weighted by Crippen LogP contribution is -2.36. The van der Waals surface area contributed by atoms with Crippen LogP contribution in [0.4, 0.5) is 0 Å². The molecule has 2 aromatic carbocycles. The molecule has 0 fully saturated rings. The Morgan fingerprint density at radius 3 is 2.50 bits per heavy atom. The number of nitrogens with zero attached hydrogens (tertiary/aromatic N) is 2. The average Bonchev–Trinajstić information content (AvgIpc) is 3.11. The van der Waals surface area contributed by atoms with E-state index in [1.807, 2.05) is 55.5 Å². The van der Waals surface area contributed by atoms with E-state index in [0.29, 0.717) is 18.5 Å². The van der Waals surface area contributed by atoms with E-state index < -0.39 is 0 Å². The van der Waals surface area contributed by atoms with Crippen molar-refractivity contribution in [2.45, 2.75) is 25.8 Å². The fourth-order valence-electron chi connectivity index (χ4n) is 2.87. The smallest absolute Gasteiger partial charge is 0.274 e. The summed E-state index contributed by atoms with van der Waals surface area (Å²) in [5.41, 5.74) is 3.58. The van der Waals surface area contributed by atoms with Gasteiger partial charge in [-0.3, -0.25) is 9.89 Å². The van der Waals surface area contributed by atoms with E-state index in [1.165, 1.54) is 5.56 Å². The molecule has 3 aromatic rings. The van der Waals surface area contributed by atoms with Crippen LogP contribution in [0.15, 0.2) is 60.7 Å². The summed E-state index contributed by atoms with van der Waals surface area (Å²) in [6.45, 7) is 2.00. The van der Waals surface area contributed by atoms with Gasteiger partial charge in [0.2, 0.25) is 0 Å². The highest BCUT2D eigenvalue weighted by Gasteiger charge is 2.20. The molecule has 2 N–H and O–H groups in total. The maximum Gasteiger partial charge on any atom is 0.274 e. The van der Waals surface area contributed by atoms with Gasteiger partial charge in [-0.15, -0.1) is 0 Å². The maximum absolute atomic E-state index is 12.7. The first-order valence-corrected chi connectivity index (χ1v) is 8.66. The molecule has 0 saturated carbocycles. The van der Waals surface area contributed by atoms with Gasteiger partial charge in [0.15, 0.2) is 0 Å². The number of carbonyl (C=O) groups excluding carboxylic acids is 1. The van der Waals surface area contributed by atoms with E-state index in [2.05, 4.69) is 10.2 Å². The van der Waals surface area contributed by atoms with Crippen molar-refractivity contribution in [3.63, 3.8) is 0 Å². The third-order valence-electron chi connectivity index (χ3n) is 4.54. The van der Waals surface area contributed by atoms with Crippen molar-refractivity contribution >= 4 is 5.91 Å². The van der Waals surface area contributed by atoms with Crippen LogP contribution in [-0.4, -0.2) is 39.2 Å². The van der Waals surface area contributed by atoms with Crippen LogP contribution < -0.4 is 0 Å². The number of phenols is 1. The van der Waals surface area contributed by atoms with Crippen molar-refractivity contribution in [2.24, 2.45) is 0 Å². The second-order valence-electron chi connectivity index (χ2n) is 6.58. The Morgan fingerprint density at radius 2 is 1.81 bits per heavy atom. The first-order valence-electron chi connectivity index (χ1n) is 8.66. The van der Waals surface area contributed by atoms with Crippen molar-refractivity contribution in [2.75, 3.05) is 7.05 Å². The predicted octanol–water partition coefficient (Wildman–Crippen LogP) is 3.41. The van der Waals surface area contributed by atoms with E-state index in [4.69, 9.17) is 0 Å². The topological polar surface area (TPSA) is 69.2 Å². The molecule has 0 bridgehead atoms. The fraction of sp³-hybridized carbons (Fsp3) is 0.238. The molecule has 0 aliphatic carbocycles. The zero-order valence-corrected chi connectivity index (χ0v) is 15.0. The Hall–Kier alpha value is -3.08. The van der Waals surface area contributed by atoms with E-state index in [-0.39, 0.29) is 17.7 Å². The number of likely N-dealkylation sites (N-methyl/N-ethyl adjacent to an activating group) is 1. The zero-order valence-electron chi connectivity index (χ0n) is 15.0. The highest BCUT2D eigenvalue weighted by atomic mass is 16.3. The largest absolute Gasteiger partial charge is 0.508 e. The Labute approximate surface area is 153 Å². The average molecular weight is 349 g/mol. The lowest BCUT2D eigenvalue weighted by molar-refractivity contribution is 0.0737. The normalized spacial score (nSPS) is 11.9. The zero-order chi connectivity index (χ0) is 18.5. The van der Waals surface area contributed by atoms with E-state index >= 15 is 0 Å². The van der Waals surface area contributed by atoms with Gasteiger partial charge in [-0.2, -0.15) is 5.10 Å². The quantitative estimate of drug-likeness (QED) is 0.716. The number of H-pyrrole nitrogens is 1. The molecule has 0 unspecified atom stereocenters. The number of rotatable bonds is 6. The summed E-state index contributed by atoms with van der Waals surface area (Å²) in [4.78, 5) is 14.4. The first-order chi connectivity index (χ1) is 12.5. The molecule has 1 aromatic heterocycles. The standard InChI is InChI=1S/C21H23N3O2/c1-15(12-17-8-10-19(25)11-9-17)24(2)21(26)20-14-18(22-23-20)13-16-6-4-3-5-7-16/h3-11,14-15,25H,12-13H2,1-2H3,(H,22,23)/t15-/m1/s1. The Morgan fingerprint density at radius 1 is 1.12 bits per heavy atom. The Balaban J connectivity index is 1.63. The van der Waals surface area contributed by atoms with Crippen molar-refractivity contribution in [3.05, 3.63) is 83.2 Å². The van der Waals surface area contributed by atoms with Crippen LogP contribution in [0.2, 0.25) is 0 Å². The van der Waals surface area contributed by atoms with E-state index in [0.717, 1.165) is 11.3 Å². The molecule has 1 heterocycles. The number of carbonyl (C=O) groups is 1. The van der Waals surface area contributed by atoms with Gasteiger partial charge in [0.25, 0.3) is 5.91 Å². The molecule has 3 rings (SSSR count). The van der Waals surface area contributed by atoms with Crippen molar-refractivity contribution in [1.29, 1.82) is 0 Å². The molecule has 0 spiro atoms. The SMILES string of the molecule is C[C@H](Cc1ccc(O)cc1)N(C)C(=O)c1cc(Cc2ccccc2)[nH]n1. The third kappa shape index (κ3) is 4.30. The predicted molar refractivity (Wildman–Crippen MR) is 101 cm³/mol. The van der Waals surface area contributed by atoms with Crippen LogP contribution in [0.3, 0.4) is 0 Å². The molecule has 5 heteroatoms. The summed E-state index contributed by atoms with van der Waals surface area (Å²) < 4.78 is 0. The molecular weight excluding hydrogens is 326 g/mol. The minimum atomic E-state index is -0.105. The Bertz CT molecular complexity index is 856. The molecule has 1 atom stereocenters. The fourth-order valence-corrected chi connectivity index (χ4v) is 2.87. The van der Waals surface area contributed by atoms with Crippen LogP contribution in [0.25, 0.3) is 0 Å². The van der Waals surface area contributed by atoms with Gasteiger partial charge in [0, 0.05) is 25.2 Å². The van der Waals surface area contributed by atoms with E-state index in [9.17, 15) is 9.90 Å². The van der Waals surface area contributed by atoms with Gasteiger partial charge >= 0.3 is 0 Å². The number of aromatic hydroxyl groups is 1. The minimum Gasteiger partial charge on any atom is -0.508 e. The molecule has 0 aliphatic heterocycles. The van der Waals surface area contributed by atoms with Crippen LogP contribution in [0.1, 0.15) is 34.2 Å². The summed E-state index contributed by atoms with van der Waals surface area (Å²) in [6, 6.07) is 19.0. The molecule has 26 heavy (non-hydrogen) atoms. The highest BCUT2D eigenvalue weighted by Crippen LogP contribution is 2.15. The van der Waals surface area contributed by atoms with Crippen LogP contribution >= 0.6 is 0 Å². The van der Waals surface area contributed by atoms with Crippen molar-refractivity contribution in [3.8, 4) is 5.75 Å². The third-order valence-corrected chi connectivity index (χ3v) is 4.54. The highest BCUT2D eigenvalue weighted by molar-refractivity contribution is 5.92. The maximum atomic E-state index is 12.7. The lowest BCUT2D eigenvalue weighted by Gasteiger charge is -2.24. The summed E-state index contributed by atoms with van der Waals surface area (Å²) in [6.07, 6.45) is 1.43. The van der Waals surface area contributed by atoms with Crippen molar-refractivity contribution < 1.29 is 9.90 Å². The number of phenolic OH excluding ortho intramolecular Hbond substituents is 1. The summed E-state index contributed by atoms with van der Waals surface area (Å²) in [7, 11) is 1.79. The lowest BCUT2D eigenvalue weighted by atomic mass is 10.1. The molecule has 1 amide bonds.